The predicted octanol–water partition coefficient (Wildman–Crippen LogP) is 4.99. The van der Waals surface area contributed by atoms with Gasteiger partial charge in [-0.3, -0.25) is 14.3 Å². The fourth-order valence-corrected chi connectivity index (χ4v) is 4.25. The normalized spacial score (nSPS) is 13.2. The van der Waals surface area contributed by atoms with Crippen LogP contribution in [0.25, 0.3) is 11.3 Å². The topological polar surface area (TPSA) is 76.5 Å². The van der Waals surface area contributed by atoms with Crippen LogP contribution in [-0.2, 0) is 11.3 Å². The number of benzene rings is 3. The van der Waals surface area contributed by atoms with Crippen molar-refractivity contribution in [3.05, 3.63) is 96.2 Å². The molecule has 7 nitrogen and oxygen atoms in total. The van der Waals surface area contributed by atoms with Gasteiger partial charge in [0.1, 0.15) is 11.4 Å². The van der Waals surface area contributed by atoms with Gasteiger partial charge in [-0.15, -0.1) is 0 Å². The first-order chi connectivity index (χ1) is 17.1. The van der Waals surface area contributed by atoms with Crippen molar-refractivity contribution < 1.29 is 14.3 Å². The molecular formula is C28H26N4O3. The zero-order valence-corrected chi connectivity index (χ0v) is 19.5. The number of carbonyl (C=O) groups excluding carboxylic acids is 2. The van der Waals surface area contributed by atoms with E-state index in [1.807, 2.05) is 78.9 Å². The fourth-order valence-electron chi connectivity index (χ4n) is 4.25. The molecule has 1 saturated heterocycles. The highest BCUT2D eigenvalue weighted by atomic mass is 16.5. The molecule has 4 aromatic rings. The number of carbonyl (C=O) groups is 2. The zero-order valence-electron chi connectivity index (χ0n) is 19.5. The molecule has 2 heterocycles. The number of hydrogen-bond acceptors (Lipinski definition) is 4. The molecule has 2 amide bonds. The molecule has 176 valence electrons. The average Bonchev–Trinajstić information content (AvgIpc) is 3.51. The summed E-state index contributed by atoms with van der Waals surface area (Å²) >= 11 is 0. The number of nitrogens with one attached hydrogen (secondary N) is 1. The van der Waals surface area contributed by atoms with E-state index in [2.05, 4.69) is 5.32 Å². The van der Waals surface area contributed by atoms with E-state index in [9.17, 15) is 9.59 Å². The van der Waals surface area contributed by atoms with E-state index in [4.69, 9.17) is 9.84 Å². The highest BCUT2D eigenvalue weighted by Crippen LogP contribution is 2.27. The Morgan fingerprint density at radius 3 is 2.40 bits per heavy atom. The van der Waals surface area contributed by atoms with Crippen LogP contribution in [0.4, 0.5) is 11.4 Å². The van der Waals surface area contributed by atoms with Crippen LogP contribution in [0.2, 0.25) is 0 Å². The molecule has 5 rings (SSSR count). The van der Waals surface area contributed by atoms with Crippen molar-refractivity contribution in [1.29, 1.82) is 0 Å². The van der Waals surface area contributed by atoms with Gasteiger partial charge in [0.15, 0.2) is 0 Å². The van der Waals surface area contributed by atoms with Crippen molar-refractivity contribution in [2.45, 2.75) is 19.4 Å². The smallest absolute Gasteiger partial charge is 0.259 e. The molecule has 7 heteroatoms. The summed E-state index contributed by atoms with van der Waals surface area (Å²) in [5, 5.41) is 7.72. The number of aromatic nitrogens is 2. The minimum absolute atomic E-state index is 0.136. The van der Waals surface area contributed by atoms with Crippen molar-refractivity contribution in [3.8, 4) is 17.0 Å². The molecular weight excluding hydrogens is 440 g/mol. The lowest BCUT2D eigenvalue weighted by Crippen LogP contribution is -2.23. The number of hydrogen-bond donors (Lipinski definition) is 1. The van der Waals surface area contributed by atoms with E-state index in [1.54, 1.807) is 22.9 Å². The summed E-state index contributed by atoms with van der Waals surface area (Å²) in [6.45, 7) is 1.28. The van der Waals surface area contributed by atoms with Gasteiger partial charge in [-0.2, -0.15) is 5.10 Å². The van der Waals surface area contributed by atoms with E-state index < -0.39 is 0 Å². The Morgan fingerprint density at radius 1 is 1.00 bits per heavy atom. The van der Waals surface area contributed by atoms with Gasteiger partial charge in [0, 0.05) is 36.1 Å². The van der Waals surface area contributed by atoms with Crippen LogP contribution in [0, 0.1) is 0 Å². The summed E-state index contributed by atoms with van der Waals surface area (Å²) in [4.78, 5) is 27.1. The first-order valence-electron chi connectivity index (χ1n) is 11.6. The van der Waals surface area contributed by atoms with Crippen molar-refractivity contribution in [1.82, 2.24) is 9.78 Å². The lowest BCUT2D eigenvalue weighted by Gasteiger charge is -2.16. The number of amides is 2. The largest absolute Gasteiger partial charge is 0.497 e. The number of anilines is 2. The molecule has 0 radical (unpaired) electrons. The molecule has 0 unspecified atom stereocenters. The minimum atomic E-state index is -0.250. The highest BCUT2D eigenvalue weighted by Gasteiger charge is 2.22. The standard InChI is InChI=1S/C28H26N4O3/c1-35-24-15-9-21(10-16-24)27-25(19-31(30-27)18-20-6-3-2-4-7-20)28(34)29-22-11-13-23(14-12-22)32-17-5-8-26(32)33/h2-4,6-7,9-16,19H,5,8,17-18H2,1H3,(H,29,34). The van der Waals surface area contributed by atoms with E-state index in [-0.39, 0.29) is 11.8 Å². The van der Waals surface area contributed by atoms with Gasteiger partial charge < -0.3 is 15.0 Å². The van der Waals surface area contributed by atoms with E-state index in [1.165, 1.54) is 0 Å². The Kier molecular flexibility index (Phi) is 6.30. The van der Waals surface area contributed by atoms with Gasteiger partial charge in [-0.25, -0.2) is 0 Å². The van der Waals surface area contributed by atoms with Crippen LogP contribution in [0.5, 0.6) is 5.75 Å². The summed E-state index contributed by atoms with van der Waals surface area (Å²) in [6.07, 6.45) is 3.23. The molecule has 1 aromatic heterocycles. The number of nitrogens with zero attached hydrogens (tertiary/aromatic N) is 3. The molecule has 1 N–H and O–H groups in total. The van der Waals surface area contributed by atoms with Gasteiger partial charge in [0.25, 0.3) is 5.91 Å². The molecule has 1 fully saturated rings. The Hall–Kier alpha value is -4.39. The SMILES string of the molecule is COc1ccc(-c2nn(Cc3ccccc3)cc2C(=O)Nc2ccc(N3CCCC3=O)cc2)cc1. The van der Waals surface area contributed by atoms with Crippen LogP contribution < -0.4 is 15.0 Å². The lowest BCUT2D eigenvalue weighted by atomic mass is 10.1. The van der Waals surface area contributed by atoms with Crippen LogP contribution in [0.1, 0.15) is 28.8 Å². The van der Waals surface area contributed by atoms with Gasteiger partial charge in [0.05, 0.1) is 19.2 Å². The summed E-state index contributed by atoms with van der Waals surface area (Å²) in [6, 6.07) is 24.9. The van der Waals surface area contributed by atoms with Crippen molar-refractivity contribution in [2.24, 2.45) is 0 Å². The van der Waals surface area contributed by atoms with Gasteiger partial charge in [-0.1, -0.05) is 30.3 Å². The Balaban J connectivity index is 1.41. The third-order valence-electron chi connectivity index (χ3n) is 6.07. The lowest BCUT2D eigenvalue weighted by molar-refractivity contribution is -0.117. The average molecular weight is 467 g/mol. The van der Waals surface area contributed by atoms with Gasteiger partial charge in [0.2, 0.25) is 5.91 Å². The first-order valence-corrected chi connectivity index (χ1v) is 11.6. The third-order valence-corrected chi connectivity index (χ3v) is 6.07. The summed E-state index contributed by atoms with van der Waals surface area (Å²) in [5.41, 5.74) is 4.49. The second kappa shape index (κ2) is 9.85. The maximum Gasteiger partial charge on any atom is 0.259 e. The Labute approximate surface area is 204 Å². The predicted molar refractivity (Wildman–Crippen MR) is 136 cm³/mol. The zero-order chi connectivity index (χ0) is 24.2. The summed E-state index contributed by atoms with van der Waals surface area (Å²) in [5.74, 6) is 0.622. The Morgan fingerprint density at radius 2 is 1.74 bits per heavy atom. The van der Waals surface area contributed by atoms with Gasteiger partial charge >= 0.3 is 0 Å². The van der Waals surface area contributed by atoms with Crippen molar-refractivity contribution >= 4 is 23.2 Å². The molecule has 0 bridgehead atoms. The van der Waals surface area contributed by atoms with Crippen LogP contribution in [0.3, 0.4) is 0 Å². The van der Waals surface area contributed by atoms with Crippen LogP contribution in [-0.4, -0.2) is 35.2 Å². The Bertz CT molecular complexity index is 1330. The highest BCUT2D eigenvalue weighted by molar-refractivity contribution is 6.08. The molecule has 0 atom stereocenters. The van der Waals surface area contributed by atoms with E-state index in [0.29, 0.717) is 29.9 Å². The second-order valence-corrected chi connectivity index (χ2v) is 8.45. The molecule has 0 saturated carbocycles. The van der Waals surface area contributed by atoms with Crippen molar-refractivity contribution in [3.63, 3.8) is 0 Å². The van der Waals surface area contributed by atoms with Gasteiger partial charge in [-0.05, 0) is 60.5 Å². The molecule has 3 aromatic carbocycles. The number of rotatable bonds is 7. The van der Waals surface area contributed by atoms with Crippen molar-refractivity contribution in [2.75, 3.05) is 23.9 Å². The number of ether oxygens (including phenoxy) is 1. The maximum atomic E-state index is 13.3. The molecule has 0 aliphatic carbocycles. The quantitative estimate of drug-likeness (QED) is 0.417. The van der Waals surface area contributed by atoms with Crippen LogP contribution in [0.15, 0.2) is 85.1 Å². The van der Waals surface area contributed by atoms with E-state index >= 15 is 0 Å². The fraction of sp³-hybridized carbons (Fsp3) is 0.179. The summed E-state index contributed by atoms with van der Waals surface area (Å²) in [7, 11) is 1.62. The number of methoxy groups -OCH3 is 1. The van der Waals surface area contributed by atoms with Crippen LogP contribution >= 0.6 is 0 Å². The monoisotopic (exact) mass is 466 g/mol. The third kappa shape index (κ3) is 4.94. The van der Waals surface area contributed by atoms with E-state index in [0.717, 1.165) is 35.5 Å². The maximum absolute atomic E-state index is 13.3. The first kappa shape index (κ1) is 22.4. The second-order valence-electron chi connectivity index (χ2n) is 8.45. The summed E-state index contributed by atoms with van der Waals surface area (Å²) < 4.78 is 7.05. The molecule has 35 heavy (non-hydrogen) atoms. The minimum Gasteiger partial charge on any atom is -0.497 e. The molecule has 1 aliphatic heterocycles. The molecule has 0 spiro atoms. The molecule has 1 aliphatic rings.